The Balaban J connectivity index is 1.95. The van der Waals surface area contributed by atoms with Crippen LogP contribution in [0.1, 0.15) is 37.9 Å². The third-order valence-corrected chi connectivity index (χ3v) is 6.53. The average Bonchev–Trinajstić information content (AvgIpc) is 3.08. The van der Waals surface area contributed by atoms with E-state index in [1.165, 1.54) is 11.3 Å². The normalized spacial score (nSPS) is 15.9. The van der Waals surface area contributed by atoms with Crippen LogP contribution in [0.2, 0.25) is 5.02 Å². The number of ether oxygens (including phenoxy) is 2. The van der Waals surface area contributed by atoms with E-state index in [2.05, 4.69) is 4.99 Å². The second kappa shape index (κ2) is 9.37. The lowest BCUT2D eigenvalue weighted by atomic mass is 9.96. The van der Waals surface area contributed by atoms with Crippen molar-refractivity contribution in [2.45, 2.75) is 32.9 Å². The summed E-state index contributed by atoms with van der Waals surface area (Å²) in [5.74, 6) is 0.185. The molecule has 3 aromatic rings. The molecule has 0 radical (unpaired) electrons. The molecule has 0 unspecified atom stereocenters. The molecule has 33 heavy (non-hydrogen) atoms. The van der Waals surface area contributed by atoms with Gasteiger partial charge in [-0.3, -0.25) is 9.36 Å². The number of hydrogen-bond donors (Lipinski definition) is 0. The van der Waals surface area contributed by atoms with Crippen LogP contribution in [0.4, 0.5) is 0 Å². The molecule has 1 aliphatic heterocycles. The summed E-state index contributed by atoms with van der Waals surface area (Å²) in [5, 5.41) is 0.549. The first kappa shape index (κ1) is 23.0. The van der Waals surface area contributed by atoms with E-state index in [0.717, 1.165) is 11.1 Å². The van der Waals surface area contributed by atoms with Crippen molar-refractivity contribution in [3.05, 3.63) is 95.6 Å². The van der Waals surface area contributed by atoms with Gasteiger partial charge in [-0.05, 0) is 56.2 Å². The first-order chi connectivity index (χ1) is 15.8. The number of thiazole rings is 1. The van der Waals surface area contributed by atoms with Gasteiger partial charge in [0.05, 0.1) is 35.1 Å². The molecule has 0 N–H and O–H groups in total. The fraction of sp³-hybridized carbons (Fsp3) is 0.240. The Hall–Kier alpha value is -3.16. The monoisotopic (exact) mass is 482 g/mol. The summed E-state index contributed by atoms with van der Waals surface area (Å²) in [6, 6.07) is 13.9. The zero-order chi connectivity index (χ0) is 23.7. The minimum Gasteiger partial charge on any atom is -0.497 e. The molecule has 0 saturated heterocycles. The smallest absolute Gasteiger partial charge is 0.338 e. The molecule has 1 atom stereocenters. The van der Waals surface area contributed by atoms with E-state index >= 15 is 0 Å². The van der Waals surface area contributed by atoms with Gasteiger partial charge in [-0.2, -0.15) is 0 Å². The summed E-state index contributed by atoms with van der Waals surface area (Å²) in [5.41, 5.74) is 2.10. The van der Waals surface area contributed by atoms with Gasteiger partial charge in [-0.25, -0.2) is 9.79 Å². The number of esters is 1. The van der Waals surface area contributed by atoms with Gasteiger partial charge in [0.15, 0.2) is 4.80 Å². The molecule has 0 aliphatic carbocycles. The van der Waals surface area contributed by atoms with Crippen LogP contribution in [-0.2, 0) is 9.53 Å². The van der Waals surface area contributed by atoms with Crippen molar-refractivity contribution in [1.29, 1.82) is 0 Å². The molecule has 0 saturated carbocycles. The van der Waals surface area contributed by atoms with Crippen molar-refractivity contribution in [3.8, 4) is 5.75 Å². The number of benzene rings is 2. The highest BCUT2D eigenvalue weighted by Crippen LogP contribution is 2.31. The predicted molar refractivity (Wildman–Crippen MR) is 129 cm³/mol. The highest BCUT2D eigenvalue weighted by molar-refractivity contribution is 7.07. The fourth-order valence-corrected chi connectivity index (χ4v) is 4.92. The number of carbonyl (C=O) groups is 1. The Bertz CT molecular complexity index is 1420. The number of rotatable bonds is 5. The molecule has 4 rings (SSSR count). The summed E-state index contributed by atoms with van der Waals surface area (Å²) >= 11 is 7.56. The topological polar surface area (TPSA) is 69.9 Å². The van der Waals surface area contributed by atoms with Crippen molar-refractivity contribution < 1.29 is 14.3 Å². The maximum absolute atomic E-state index is 13.6. The molecular weight excluding hydrogens is 460 g/mol. The Kier molecular flexibility index (Phi) is 6.54. The summed E-state index contributed by atoms with van der Waals surface area (Å²) in [7, 11) is 1.59. The highest BCUT2D eigenvalue weighted by Gasteiger charge is 2.33. The number of nitrogens with zero attached hydrogens (tertiary/aromatic N) is 2. The van der Waals surface area contributed by atoms with Gasteiger partial charge in [-0.15, -0.1) is 0 Å². The molecule has 0 fully saturated rings. The van der Waals surface area contributed by atoms with Gasteiger partial charge in [0.1, 0.15) is 5.75 Å². The zero-order valence-corrected chi connectivity index (χ0v) is 20.2. The molecule has 1 aliphatic rings. The van der Waals surface area contributed by atoms with Crippen molar-refractivity contribution >= 4 is 35.0 Å². The lowest BCUT2D eigenvalue weighted by Gasteiger charge is -2.25. The third kappa shape index (κ3) is 4.51. The van der Waals surface area contributed by atoms with Crippen LogP contribution in [0.15, 0.2) is 69.6 Å². The first-order valence-corrected chi connectivity index (χ1v) is 11.6. The van der Waals surface area contributed by atoms with Crippen LogP contribution in [0.3, 0.4) is 0 Å². The van der Waals surface area contributed by atoms with Crippen LogP contribution in [-0.4, -0.2) is 23.8 Å². The molecule has 2 aromatic carbocycles. The van der Waals surface area contributed by atoms with Gasteiger partial charge in [0, 0.05) is 5.02 Å². The van der Waals surface area contributed by atoms with E-state index in [4.69, 9.17) is 21.1 Å². The van der Waals surface area contributed by atoms with E-state index in [1.807, 2.05) is 30.3 Å². The Morgan fingerprint density at radius 3 is 2.52 bits per heavy atom. The Morgan fingerprint density at radius 2 is 1.88 bits per heavy atom. The average molecular weight is 483 g/mol. The standard InChI is InChI=1S/C25H23ClN2O4S/c1-14(2)32-24(30)21-15(3)27-25-28(22(21)16-9-11-18(31-4)12-10-16)23(29)20(33-25)13-17-7-5-6-8-19(17)26/h5-14,22H,1-4H3/b20-13+/t22-/m0/s1. The van der Waals surface area contributed by atoms with Crippen LogP contribution < -0.4 is 19.6 Å². The second-order valence-corrected chi connectivity index (χ2v) is 9.25. The van der Waals surface area contributed by atoms with E-state index < -0.39 is 12.0 Å². The first-order valence-electron chi connectivity index (χ1n) is 10.4. The van der Waals surface area contributed by atoms with Crippen LogP contribution in [0.5, 0.6) is 5.75 Å². The molecule has 170 valence electrons. The van der Waals surface area contributed by atoms with Crippen LogP contribution >= 0.6 is 22.9 Å². The van der Waals surface area contributed by atoms with Gasteiger partial charge >= 0.3 is 5.97 Å². The molecule has 6 nitrogen and oxygen atoms in total. The number of methoxy groups -OCH3 is 1. The second-order valence-electron chi connectivity index (χ2n) is 7.83. The summed E-state index contributed by atoms with van der Waals surface area (Å²) in [6.07, 6.45) is 1.45. The Morgan fingerprint density at radius 1 is 1.18 bits per heavy atom. The highest BCUT2D eigenvalue weighted by atomic mass is 35.5. The Labute approximate surface area is 200 Å². The summed E-state index contributed by atoms with van der Waals surface area (Å²) in [6.45, 7) is 5.34. The van der Waals surface area contributed by atoms with Crippen molar-refractivity contribution in [2.75, 3.05) is 7.11 Å². The quantitative estimate of drug-likeness (QED) is 0.518. The van der Waals surface area contributed by atoms with Crippen LogP contribution in [0.25, 0.3) is 6.08 Å². The largest absolute Gasteiger partial charge is 0.497 e. The van der Waals surface area contributed by atoms with Crippen molar-refractivity contribution in [2.24, 2.45) is 4.99 Å². The maximum atomic E-state index is 13.6. The molecular formula is C25H23ClN2O4S. The van der Waals surface area contributed by atoms with E-state index in [9.17, 15) is 9.59 Å². The summed E-state index contributed by atoms with van der Waals surface area (Å²) in [4.78, 5) is 31.8. The molecule has 2 heterocycles. The lowest BCUT2D eigenvalue weighted by molar-refractivity contribution is -0.143. The van der Waals surface area contributed by atoms with Gasteiger partial charge < -0.3 is 9.47 Å². The van der Waals surface area contributed by atoms with E-state index in [-0.39, 0.29) is 11.7 Å². The molecule has 0 bridgehead atoms. The SMILES string of the molecule is COc1ccc([C@H]2C(C(=O)OC(C)C)=C(C)N=c3s/c(=C/c4ccccc4Cl)c(=O)n32)cc1. The minimum atomic E-state index is -0.674. The van der Waals surface area contributed by atoms with Crippen molar-refractivity contribution in [3.63, 3.8) is 0 Å². The molecule has 1 aromatic heterocycles. The van der Waals surface area contributed by atoms with Crippen molar-refractivity contribution in [1.82, 2.24) is 4.57 Å². The molecule has 0 amide bonds. The van der Waals surface area contributed by atoms with Gasteiger partial charge in [0.25, 0.3) is 5.56 Å². The number of hydrogen-bond acceptors (Lipinski definition) is 6. The number of halogens is 1. The molecule has 8 heteroatoms. The number of allylic oxidation sites excluding steroid dienone is 1. The zero-order valence-electron chi connectivity index (χ0n) is 18.7. The van der Waals surface area contributed by atoms with Crippen LogP contribution in [0, 0.1) is 0 Å². The summed E-state index contributed by atoms with van der Waals surface area (Å²) < 4.78 is 12.8. The predicted octanol–water partition coefficient (Wildman–Crippen LogP) is 3.85. The minimum absolute atomic E-state index is 0.248. The van der Waals surface area contributed by atoms with Gasteiger partial charge in [-0.1, -0.05) is 53.3 Å². The number of aromatic nitrogens is 1. The third-order valence-electron chi connectivity index (χ3n) is 5.21. The molecule has 0 spiro atoms. The number of carbonyl (C=O) groups excluding carboxylic acids is 1. The fourth-order valence-electron chi connectivity index (χ4n) is 3.70. The van der Waals surface area contributed by atoms with E-state index in [1.54, 1.807) is 56.7 Å². The maximum Gasteiger partial charge on any atom is 0.338 e. The van der Waals surface area contributed by atoms with Gasteiger partial charge in [0.2, 0.25) is 0 Å². The lowest BCUT2D eigenvalue weighted by Crippen LogP contribution is -2.40. The number of fused-ring (bicyclic) bond motifs is 1. The van der Waals surface area contributed by atoms with E-state index in [0.29, 0.717) is 31.4 Å².